The van der Waals surface area contributed by atoms with Gasteiger partial charge < -0.3 is 9.80 Å². The van der Waals surface area contributed by atoms with Gasteiger partial charge in [0.2, 0.25) is 5.91 Å². The number of hydrogen-bond acceptors (Lipinski definition) is 5. The van der Waals surface area contributed by atoms with Gasteiger partial charge in [-0.25, -0.2) is 9.97 Å². The number of aromatic nitrogens is 2. The maximum absolute atomic E-state index is 12.6. The highest BCUT2D eigenvalue weighted by Crippen LogP contribution is 2.35. The molecule has 0 N–H and O–H groups in total. The van der Waals surface area contributed by atoms with E-state index in [0.29, 0.717) is 25.2 Å². The van der Waals surface area contributed by atoms with Gasteiger partial charge in [-0.3, -0.25) is 9.59 Å². The minimum Gasteiger partial charge on any atom is -0.337 e. The summed E-state index contributed by atoms with van der Waals surface area (Å²) in [6.07, 6.45) is 4.76. The molecule has 0 spiro atoms. The molecule has 22 heavy (non-hydrogen) atoms. The standard InChI is InChI=1S/C15H14N4O2S/c20-14(10-1-2-22-8-10)18-5-11-6-19(15(21)13(11)7-18)12-3-16-9-17-4-12/h1-4,8-9,11,13H,5-7H2/t11-,13-/m1/s1. The molecule has 0 unspecified atom stereocenters. The summed E-state index contributed by atoms with van der Waals surface area (Å²) < 4.78 is 0. The van der Waals surface area contributed by atoms with Gasteiger partial charge in [0.1, 0.15) is 6.33 Å². The topological polar surface area (TPSA) is 66.4 Å². The van der Waals surface area contributed by atoms with E-state index in [0.717, 1.165) is 5.69 Å². The number of anilines is 1. The van der Waals surface area contributed by atoms with Gasteiger partial charge in [-0.05, 0) is 11.4 Å². The number of hydrogen-bond donors (Lipinski definition) is 0. The van der Waals surface area contributed by atoms with Crippen LogP contribution in [0.2, 0.25) is 0 Å². The Bertz CT molecular complexity index is 704. The minimum absolute atomic E-state index is 0.0260. The third kappa shape index (κ3) is 2.09. The summed E-state index contributed by atoms with van der Waals surface area (Å²) in [6, 6.07) is 1.83. The fourth-order valence-electron chi connectivity index (χ4n) is 3.26. The van der Waals surface area contributed by atoms with Crippen LogP contribution in [0, 0.1) is 11.8 Å². The van der Waals surface area contributed by atoms with Gasteiger partial charge in [-0.1, -0.05) is 0 Å². The molecule has 2 amide bonds. The fraction of sp³-hybridized carbons (Fsp3) is 0.333. The first kappa shape index (κ1) is 13.4. The molecule has 2 aliphatic heterocycles. The van der Waals surface area contributed by atoms with Crippen LogP contribution >= 0.6 is 11.3 Å². The van der Waals surface area contributed by atoms with E-state index < -0.39 is 0 Å². The third-order valence-corrected chi connectivity index (χ3v) is 5.04. The zero-order valence-corrected chi connectivity index (χ0v) is 12.6. The number of nitrogens with zero attached hydrogens (tertiary/aromatic N) is 4. The van der Waals surface area contributed by atoms with Crippen molar-refractivity contribution in [3.8, 4) is 0 Å². The first-order chi connectivity index (χ1) is 10.7. The maximum atomic E-state index is 12.6. The Hall–Kier alpha value is -2.28. The summed E-state index contributed by atoms with van der Waals surface area (Å²) in [7, 11) is 0. The number of fused-ring (bicyclic) bond motifs is 1. The van der Waals surface area contributed by atoms with Crippen molar-refractivity contribution in [3.63, 3.8) is 0 Å². The van der Waals surface area contributed by atoms with Crippen LogP contribution in [0.3, 0.4) is 0 Å². The number of rotatable bonds is 2. The lowest BCUT2D eigenvalue weighted by Crippen LogP contribution is -2.35. The van der Waals surface area contributed by atoms with Gasteiger partial charge in [0.15, 0.2) is 0 Å². The lowest BCUT2D eigenvalue weighted by molar-refractivity contribution is -0.120. The molecule has 4 rings (SSSR count). The second kappa shape index (κ2) is 5.17. The molecule has 0 saturated carbocycles. The van der Waals surface area contributed by atoms with Gasteiger partial charge in [0.05, 0.1) is 29.6 Å². The van der Waals surface area contributed by atoms with Gasteiger partial charge >= 0.3 is 0 Å². The molecule has 6 nitrogen and oxygen atoms in total. The smallest absolute Gasteiger partial charge is 0.254 e. The summed E-state index contributed by atoms with van der Waals surface area (Å²) in [6.45, 7) is 1.77. The molecule has 2 aromatic heterocycles. The molecule has 0 aliphatic carbocycles. The monoisotopic (exact) mass is 314 g/mol. The lowest BCUT2D eigenvalue weighted by atomic mass is 10.0. The highest BCUT2D eigenvalue weighted by Gasteiger charge is 2.48. The Morgan fingerprint density at radius 3 is 2.73 bits per heavy atom. The van der Waals surface area contributed by atoms with Crippen LogP contribution in [-0.2, 0) is 4.79 Å². The van der Waals surface area contributed by atoms with E-state index in [2.05, 4.69) is 9.97 Å². The molecule has 2 fully saturated rings. The van der Waals surface area contributed by atoms with Crippen LogP contribution in [0.15, 0.2) is 35.5 Å². The molecule has 0 bridgehead atoms. The second-order valence-electron chi connectivity index (χ2n) is 5.63. The van der Waals surface area contributed by atoms with Crippen molar-refractivity contribution in [3.05, 3.63) is 41.1 Å². The van der Waals surface area contributed by atoms with Crippen LogP contribution in [0.4, 0.5) is 5.69 Å². The second-order valence-corrected chi connectivity index (χ2v) is 6.41. The fourth-order valence-corrected chi connectivity index (χ4v) is 3.89. The van der Waals surface area contributed by atoms with Crippen molar-refractivity contribution < 1.29 is 9.59 Å². The van der Waals surface area contributed by atoms with Gasteiger partial charge in [-0.2, -0.15) is 11.3 Å². The number of carbonyl (C=O) groups excluding carboxylic acids is 2. The molecule has 2 aromatic rings. The molecule has 2 saturated heterocycles. The van der Waals surface area contributed by atoms with E-state index in [4.69, 9.17) is 0 Å². The lowest BCUT2D eigenvalue weighted by Gasteiger charge is -2.21. The normalized spacial score (nSPS) is 23.9. The van der Waals surface area contributed by atoms with Crippen molar-refractivity contribution in [2.75, 3.05) is 24.5 Å². The molecule has 2 atom stereocenters. The van der Waals surface area contributed by atoms with E-state index in [1.54, 1.807) is 22.2 Å². The van der Waals surface area contributed by atoms with E-state index in [1.807, 2.05) is 16.8 Å². The Kier molecular flexibility index (Phi) is 3.15. The third-order valence-electron chi connectivity index (χ3n) is 4.36. The summed E-state index contributed by atoms with van der Waals surface area (Å²) in [4.78, 5) is 36.4. The predicted molar refractivity (Wildman–Crippen MR) is 81.6 cm³/mol. The van der Waals surface area contributed by atoms with Crippen molar-refractivity contribution in [1.29, 1.82) is 0 Å². The van der Waals surface area contributed by atoms with E-state index in [1.165, 1.54) is 17.7 Å². The molecule has 2 aliphatic rings. The van der Waals surface area contributed by atoms with E-state index in [-0.39, 0.29) is 23.7 Å². The molecular formula is C15H14N4O2S. The molecule has 0 aromatic carbocycles. The van der Waals surface area contributed by atoms with Crippen LogP contribution in [0.5, 0.6) is 0 Å². The summed E-state index contributed by atoms with van der Waals surface area (Å²) in [5.41, 5.74) is 1.45. The first-order valence-electron chi connectivity index (χ1n) is 7.12. The number of carbonyl (C=O) groups is 2. The van der Waals surface area contributed by atoms with Crippen LogP contribution in [-0.4, -0.2) is 46.3 Å². The summed E-state index contributed by atoms with van der Waals surface area (Å²) in [5.74, 6) is 0.177. The van der Waals surface area contributed by atoms with Crippen LogP contribution in [0.1, 0.15) is 10.4 Å². The van der Waals surface area contributed by atoms with Crippen LogP contribution in [0.25, 0.3) is 0 Å². The van der Waals surface area contributed by atoms with Crippen molar-refractivity contribution in [2.45, 2.75) is 0 Å². The zero-order valence-electron chi connectivity index (χ0n) is 11.8. The maximum Gasteiger partial charge on any atom is 0.254 e. The van der Waals surface area contributed by atoms with Gasteiger partial charge in [-0.15, -0.1) is 0 Å². The van der Waals surface area contributed by atoms with Crippen molar-refractivity contribution in [1.82, 2.24) is 14.9 Å². The Balaban J connectivity index is 1.50. The number of thiophene rings is 1. The SMILES string of the molecule is O=C(c1ccsc1)N1C[C@@H]2CN(c3cncnc3)C(=O)[C@@H]2C1. The van der Waals surface area contributed by atoms with Gasteiger partial charge in [0.25, 0.3) is 5.91 Å². The first-order valence-corrected chi connectivity index (χ1v) is 8.06. The zero-order chi connectivity index (χ0) is 15.1. The summed E-state index contributed by atoms with van der Waals surface area (Å²) in [5, 5.41) is 3.75. The minimum atomic E-state index is -0.109. The van der Waals surface area contributed by atoms with E-state index in [9.17, 15) is 9.59 Å². The number of likely N-dealkylation sites (tertiary alicyclic amines) is 1. The molecular weight excluding hydrogens is 300 g/mol. The molecule has 4 heterocycles. The van der Waals surface area contributed by atoms with E-state index >= 15 is 0 Å². The van der Waals surface area contributed by atoms with Crippen molar-refractivity contribution in [2.24, 2.45) is 11.8 Å². The Morgan fingerprint density at radius 1 is 1.23 bits per heavy atom. The Labute approximate surface area is 131 Å². The average Bonchev–Trinajstić information content (AvgIpc) is 3.25. The predicted octanol–water partition coefficient (Wildman–Crippen LogP) is 1.27. The molecule has 7 heteroatoms. The highest BCUT2D eigenvalue weighted by atomic mass is 32.1. The average molecular weight is 314 g/mol. The molecule has 112 valence electrons. The summed E-state index contributed by atoms with van der Waals surface area (Å²) >= 11 is 1.51. The van der Waals surface area contributed by atoms with Crippen LogP contribution < -0.4 is 4.90 Å². The number of amides is 2. The molecule has 0 radical (unpaired) electrons. The largest absolute Gasteiger partial charge is 0.337 e. The quantitative estimate of drug-likeness (QED) is 0.837. The highest BCUT2D eigenvalue weighted by molar-refractivity contribution is 7.08. The van der Waals surface area contributed by atoms with Gasteiger partial charge in [0, 0.05) is 30.9 Å². The Morgan fingerprint density at radius 2 is 2.05 bits per heavy atom. The van der Waals surface area contributed by atoms with Crippen molar-refractivity contribution >= 4 is 28.8 Å².